The van der Waals surface area contributed by atoms with Crippen LogP contribution in [0.1, 0.15) is 18.4 Å². The molecule has 2 aromatic rings. The van der Waals surface area contributed by atoms with Gasteiger partial charge in [0, 0.05) is 51.0 Å². The van der Waals surface area contributed by atoms with Gasteiger partial charge in [0.05, 0.1) is 4.47 Å². The van der Waals surface area contributed by atoms with Crippen LogP contribution in [0.25, 0.3) is 0 Å². The minimum absolute atomic E-state index is 0.453. The SMILES string of the molecule is Cc1cnc(N(C)C2CCN(c3ncc(Br)cn3)CC2)nc1. The molecule has 0 N–H and O–H groups in total. The summed E-state index contributed by atoms with van der Waals surface area (Å²) in [7, 11) is 2.07. The molecule has 0 saturated carbocycles. The van der Waals surface area contributed by atoms with Gasteiger partial charge < -0.3 is 9.80 Å². The van der Waals surface area contributed by atoms with E-state index in [0.29, 0.717) is 6.04 Å². The molecule has 116 valence electrons. The van der Waals surface area contributed by atoms with Gasteiger partial charge in [0.2, 0.25) is 11.9 Å². The van der Waals surface area contributed by atoms with Crippen LogP contribution in [-0.4, -0.2) is 46.1 Å². The van der Waals surface area contributed by atoms with Crippen molar-refractivity contribution in [2.45, 2.75) is 25.8 Å². The number of rotatable bonds is 3. The molecule has 1 aliphatic rings. The predicted octanol–water partition coefficient (Wildman–Crippen LogP) is 2.44. The van der Waals surface area contributed by atoms with Crippen molar-refractivity contribution in [2.75, 3.05) is 29.9 Å². The molecule has 0 radical (unpaired) electrons. The summed E-state index contributed by atoms with van der Waals surface area (Å²) in [5, 5.41) is 0. The third kappa shape index (κ3) is 3.35. The highest BCUT2D eigenvalue weighted by Crippen LogP contribution is 2.21. The van der Waals surface area contributed by atoms with Crippen molar-refractivity contribution in [2.24, 2.45) is 0 Å². The Labute approximate surface area is 138 Å². The van der Waals surface area contributed by atoms with E-state index in [1.165, 1.54) is 0 Å². The smallest absolute Gasteiger partial charge is 0.225 e. The fourth-order valence-corrected chi connectivity index (χ4v) is 2.86. The van der Waals surface area contributed by atoms with Crippen LogP contribution in [0.2, 0.25) is 0 Å². The van der Waals surface area contributed by atoms with Crippen LogP contribution in [-0.2, 0) is 0 Å². The molecule has 22 heavy (non-hydrogen) atoms. The molecule has 1 aliphatic heterocycles. The van der Waals surface area contributed by atoms with Gasteiger partial charge in [-0.15, -0.1) is 0 Å². The van der Waals surface area contributed by atoms with Crippen molar-refractivity contribution in [1.29, 1.82) is 0 Å². The average molecular weight is 363 g/mol. The number of piperidine rings is 1. The van der Waals surface area contributed by atoms with E-state index in [1.807, 2.05) is 19.3 Å². The fraction of sp³-hybridized carbons (Fsp3) is 0.467. The highest BCUT2D eigenvalue weighted by Gasteiger charge is 2.25. The standard InChI is InChI=1S/C15H19BrN6/c1-11-7-17-14(18-8-11)21(2)13-3-5-22(6-4-13)15-19-9-12(16)10-20-15/h7-10,13H,3-6H2,1-2H3. The molecule has 2 aromatic heterocycles. The molecule has 0 atom stereocenters. The lowest BCUT2D eigenvalue weighted by molar-refractivity contribution is 0.473. The monoisotopic (exact) mass is 362 g/mol. The van der Waals surface area contributed by atoms with E-state index >= 15 is 0 Å². The first-order valence-corrected chi connectivity index (χ1v) is 8.17. The fourth-order valence-electron chi connectivity index (χ4n) is 2.65. The third-order valence-electron chi connectivity index (χ3n) is 3.98. The van der Waals surface area contributed by atoms with Gasteiger partial charge >= 0.3 is 0 Å². The van der Waals surface area contributed by atoms with Gasteiger partial charge in [-0.05, 0) is 41.3 Å². The molecule has 0 unspecified atom stereocenters. The second kappa shape index (κ2) is 6.56. The van der Waals surface area contributed by atoms with Crippen molar-refractivity contribution in [1.82, 2.24) is 19.9 Å². The quantitative estimate of drug-likeness (QED) is 0.835. The number of hydrogen-bond acceptors (Lipinski definition) is 6. The Morgan fingerprint density at radius 2 is 1.64 bits per heavy atom. The molecular weight excluding hydrogens is 344 g/mol. The summed E-state index contributed by atoms with van der Waals surface area (Å²) in [4.78, 5) is 22.0. The van der Waals surface area contributed by atoms with Crippen LogP contribution in [0, 0.1) is 6.92 Å². The first kappa shape index (κ1) is 15.1. The molecule has 3 rings (SSSR count). The summed E-state index contributed by atoms with van der Waals surface area (Å²) in [6.45, 7) is 3.89. The van der Waals surface area contributed by atoms with Gasteiger partial charge in [-0.2, -0.15) is 0 Å². The van der Waals surface area contributed by atoms with E-state index in [1.54, 1.807) is 12.4 Å². The van der Waals surface area contributed by atoms with Gasteiger partial charge in [-0.25, -0.2) is 19.9 Å². The van der Waals surface area contributed by atoms with E-state index < -0.39 is 0 Å². The number of aryl methyl sites for hydroxylation is 1. The second-order valence-electron chi connectivity index (χ2n) is 5.59. The first-order valence-electron chi connectivity index (χ1n) is 7.37. The number of halogens is 1. The van der Waals surface area contributed by atoms with Crippen molar-refractivity contribution in [3.05, 3.63) is 34.8 Å². The summed E-state index contributed by atoms with van der Waals surface area (Å²) < 4.78 is 0.905. The zero-order valence-corrected chi connectivity index (χ0v) is 14.4. The predicted molar refractivity (Wildman–Crippen MR) is 90.1 cm³/mol. The molecular formula is C15H19BrN6. The number of hydrogen-bond donors (Lipinski definition) is 0. The van der Waals surface area contributed by atoms with Crippen LogP contribution in [0.15, 0.2) is 29.3 Å². The Balaban J connectivity index is 1.61. The summed E-state index contributed by atoms with van der Waals surface area (Å²) in [6, 6.07) is 0.453. The van der Waals surface area contributed by atoms with Gasteiger partial charge in [0.25, 0.3) is 0 Å². The molecule has 6 nitrogen and oxygen atoms in total. The maximum atomic E-state index is 4.41. The molecule has 1 saturated heterocycles. The van der Waals surface area contributed by atoms with Crippen LogP contribution in [0.5, 0.6) is 0 Å². The van der Waals surface area contributed by atoms with Crippen LogP contribution in [0.4, 0.5) is 11.9 Å². The first-order chi connectivity index (χ1) is 10.6. The zero-order chi connectivity index (χ0) is 15.5. The molecule has 3 heterocycles. The summed E-state index contributed by atoms with van der Waals surface area (Å²) in [5.74, 6) is 1.60. The van der Waals surface area contributed by atoms with Crippen molar-refractivity contribution >= 4 is 27.8 Å². The maximum absolute atomic E-state index is 4.41. The van der Waals surface area contributed by atoms with Crippen LogP contribution < -0.4 is 9.80 Å². The normalized spacial score (nSPS) is 15.9. The minimum Gasteiger partial charge on any atom is -0.341 e. The van der Waals surface area contributed by atoms with Crippen molar-refractivity contribution in [3.8, 4) is 0 Å². The number of aromatic nitrogens is 4. The Morgan fingerprint density at radius 1 is 1.05 bits per heavy atom. The molecule has 0 spiro atoms. The maximum Gasteiger partial charge on any atom is 0.225 e. The Kier molecular flexibility index (Phi) is 4.52. The van der Waals surface area contributed by atoms with E-state index in [0.717, 1.165) is 47.9 Å². The van der Waals surface area contributed by atoms with Gasteiger partial charge in [0.1, 0.15) is 0 Å². The minimum atomic E-state index is 0.453. The van der Waals surface area contributed by atoms with E-state index in [-0.39, 0.29) is 0 Å². The topological polar surface area (TPSA) is 58.0 Å². The van der Waals surface area contributed by atoms with Crippen molar-refractivity contribution < 1.29 is 0 Å². The molecule has 7 heteroatoms. The zero-order valence-electron chi connectivity index (χ0n) is 12.8. The van der Waals surface area contributed by atoms with Crippen LogP contribution >= 0.6 is 15.9 Å². The summed E-state index contributed by atoms with van der Waals surface area (Å²) in [6.07, 6.45) is 9.41. The van der Waals surface area contributed by atoms with Crippen LogP contribution in [0.3, 0.4) is 0 Å². The van der Waals surface area contributed by atoms with Crippen molar-refractivity contribution in [3.63, 3.8) is 0 Å². The summed E-state index contributed by atoms with van der Waals surface area (Å²) >= 11 is 3.36. The Morgan fingerprint density at radius 3 is 2.23 bits per heavy atom. The lowest BCUT2D eigenvalue weighted by atomic mass is 10.0. The van der Waals surface area contributed by atoms with E-state index in [4.69, 9.17) is 0 Å². The Bertz CT molecular complexity index is 607. The van der Waals surface area contributed by atoms with Gasteiger partial charge in [-0.3, -0.25) is 0 Å². The molecule has 0 amide bonds. The lowest BCUT2D eigenvalue weighted by Gasteiger charge is -2.36. The number of nitrogens with zero attached hydrogens (tertiary/aromatic N) is 6. The second-order valence-corrected chi connectivity index (χ2v) is 6.51. The molecule has 0 aliphatic carbocycles. The average Bonchev–Trinajstić information content (AvgIpc) is 2.56. The number of anilines is 2. The van der Waals surface area contributed by atoms with Gasteiger partial charge in [0.15, 0.2) is 0 Å². The summed E-state index contributed by atoms with van der Waals surface area (Å²) in [5.41, 5.74) is 1.08. The largest absolute Gasteiger partial charge is 0.341 e. The van der Waals surface area contributed by atoms with Gasteiger partial charge in [-0.1, -0.05) is 0 Å². The molecule has 1 fully saturated rings. The van der Waals surface area contributed by atoms with E-state index in [9.17, 15) is 0 Å². The molecule has 0 bridgehead atoms. The third-order valence-corrected chi connectivity index (χ3v) is 4.39. The highest BCUT2D eigenvalue weighted by atomic mass is 79.9. The lowest BCUT2D eigenvalue weighted by Crippen LogP contribution is -2.44. The highest BCUT2D eigenvalue weighted by molar-refractivity contribution is 9.10. The molecule has 0 aromatic carbocycles. The van der Waals surface area contributed by atoms with E-state index in [2.05, 4.69) is 52.7 Å². The Hall–Kier alpha value is -1.76.